The Hall–Kier alpha value is -3.07. The number of hydrogen-bond donors (Lipinski definition) is 5. The molecule has 3 aromatic rings. The zero-order valence-corrected chi connectivity index (χ0v) is 21.0. The molecule has 0 aliphatic heterocycles. The molecule has 0 amide bonds. The SMILES string of the molecule is COc1ccc(-c2c(Cl)cc(Nc3n[nH]c(N)n3)cc2C(F)(F)F)cc1S(=O)(=O)NC1CCC(O)CC1. The summed E-state index contributed by atoms with van der Waals surface area (Å²) >= 11 is 6.32. The van der Waals surface area contributed by atoms with E-state index in [-0.39, 0.29) is 38.8 Å². The smallest absolute Gasteiger partial charge is 0.417 e. The number of nitrogens with one attached hydrogen (secondary N) is 3. The number of methoxy groups -OCH3 is 1. The molecular weight excluding hydrogens is 537 g/mol. The third-order valence-corrected chi connectivity index (χ3v) is 7.75. The van der Waals surface area contributed by atoms with Crippen LogP contribution in [0.5, 0.6) is 5.75 Å². The lowest BCUT2D eigenvalue weighted by Gasteiger charge is -2.26. The van der Waals surface area contributed by atoms with Gasteiger partial charge >= 0.3 is 6.18 Å². The number of rotatable bonds is 7. The van der Waals surface area contributed by atoms with E-state index in [9.17, 15) is 26.7 Å². The second kappa shape index (κ2) is 10.4. The van der Waals surface area contributed by atoms with E-state index in [1.807, 2.05) is 0 Å². The number of aromatic nitrogens is 3. The normalized spacial score (nSPS) is 18.5. The third kappa shape index (κ3) is 6.09. The van der Waals surface area contributed by atoms with Gasteiger partial charge < -0.3 is 20.9 Å². The van der Waals surface area contributed by atoms with Crippen LogP contribution in [0.25, 0.3) is 11.1 Å². The van der Waals surface area contributed by atoms with Gasteiger partial charge in [-0.3, -0.25) is 0 Å². The zero-order chi connectivity index (χ0) is 27.0. The molecule has 1 saturated carbocycles. The number of ether oxygens (including phenoxy) is 1. The molecule has 6 N–H and O–H groups in total. The van der Waals surface area contributed by atoms with Crippen LogP contribution in [0, 0.1) is 0 Å². The zero-order valence-electron chi connectivity index (χ0n) is 19.4. The van der Waals surface area contributed by atoms with Crippen LogP contribution in [-0.4, -0.2) is 48.0 Å². The number of aromatic amines is 1. The first kappa shape index (κ1) is 27.0. The number of H-pyrrole nitrogens is 1. The number of anilines is 3. The summed E-state index contributed by atoms with van der Waals surface area (Å²) in [7, 11) is -2.92. The van der Waals surface area contributed by atoms with E-state index in [0.717, 1.165) is 12.1 Å². The van der Waals surface area contributed by atoms with Gasteiger partial charge in [-0.1, -0.05) is 17.7 Å². The van der Waals surface area contributed by atoms with Crippen molar-refractivity contribution in [1.29, 1.82) is 0 Å². The molecular formula is C22H24ClF3N6O4S. The molecule has 0 unspecified atom stereocenters. The van der Waals surface area contributed by atoms with Crippen LogP contribution in [0.2, 0.25) is 5.02 Å². The molecule has 1 aromatic heterocycles. The number of alkyl halides is 3. The number of aliphatic hydroxyl groups excluding tert-OH is 1. The maximum atomic E-state index is 14.1. The van der Waals surface area contributed by atoms with Crippen molar-refractivity contribution in [2.45, 2.75) is 48.9 Å². The van der Waals surface area contributed by atoms with Crippen molar-refractivity contribution in [3.63, 3.8) is 0 Å². The van der Waals surface area contributed by atoms with Gasteiger partial charge in [0, 0.05) is 17.3 Å². The molecule has 1 aliphatic rings. The Balaban J connectivity index is 1.76. The average molecular weight is 561 g/mol. The average Bonchev–Trinajstić information content (AvgIpc) is 3.23. The van der Waals surface area contributed by atoms with Gasteiger partial charge in [0.1, 0.15) is 10.6 Å². The van der Waals surface area contributed by atoms with Gasteiger partial charge in [-0.05, 0) is 55.5 Å². The molecule has 2 aromatic carbocycles. The molecule has 10 nitrogen and oxygen atoms in total. The molecule has 0 radical (unpaired) electrons. The maximum absolute atomic E-state index is 14.1. The van der Waals surface area contributed by atoms with E-state index in [4.69, 9.17) is 22.1 Å². The van der Waals surface area contributed by atoms with Gasteiger partial charge in [0.15, 0.2) is 0 Å². The Kier molecular flexibility index (Phi) is 7.55. The second-order valence-electron chi connectivity index (χ2n) is 8.54. The van der Waals surface area contributed by atoms with Crippen molar-refractivity contribution in [2.24, 2.45) is 0 Å². The fourth-order valence-electron chi connectivity index (χ4n) is 4.17. The minimum Gasteiger partial charge on any atom is -0.495 e. The number of nitrogen functional groups attached to an aromatic ring is 1. The summed E-state index contributed by atoms with van der Waals surface area (Å²) in [5, 5.41) is 18.1. The molecule has 1 heterocycles. The summed E-state index contributed by atoms with van der Waals surface area (Å²) in [6.45, 7) is 0. The molecule has 1 aliphatic carbocycles. The first-order valence-electron chi connectivity index (χ1n) is 11.1. The van der Waals surface area contributed by atoms with Crippen LogP contribution >= 0.6 is 11.6 Å². The summed E-state index contributed by atoms with van der Waals surface area (Å²) < 4.78 is 76.6. The number of halogens is 4. The molecule has 1 fully saturated rings. The van der Waals surface area contributed by atoms with E-state index in [1.165, 1.54) is 25.3 Å². The number of hydrogen-bond acceptors (Lipinski definition) is 8. The van der Waals surface area contributed by atoms with Crippen LogP contribution in [-0.2, 0) is 16.2 Å². The largest absolute Gasteiger partial charge is 0.495 e. The Morgan fingerprint density at radius 3 is 2.49 bits per heavy atom. The van der Waals surface area contributed by atoms with Crippen LogP contribution in [0.3, 0.4) is 0 Å². The van der Waals surface area contributed by atoms with Crippen molar-refractivity contribution in [3.8, 4) is 16.9 Å². The number of benzene rings is 2. The lowest BCUT2D eigenvalue weighted by atomic mass is 9.94. The van der Waals surface area contributed by atoms with E-state index >= 15 is 0 Å². The summed E-state index contributed by atoms with van der Waals surface area (Å²) in [5.41, 5.74) is 3.81. The van der Waals surface area contributed by atoms with Crippen molar-refractivity contribution in [2.75, 3.05) is 18.2 Å². The molecule has 200 valence electrons. The van der Waals surface area contributed by atoms with Gasteiger partial charge in [-0.15, -0.1) is 5.10 Å². The predicted molar refractivity (Wildman–Crippen MR) is 131 cm³/mol. The minimum atomic E-state index is -4.84. The fourth-order valence-corrected chi connectivity index (χ4v) is 6.00. The van der Waals surface area contributed by atoms with E-state index < -0.39 is 39.5 Å². The summed E-state index contributed by atoms with van der Waals surface area (Å²) in [4.78, 5) is 3.46. The maximum Gasteiger partial charge on any atom is 0.417 e. The lowest BCUT2D eigenvalue weighted by molar-refractivity contribution is -0.137. The quantitative estimate of drug-likeness (QED) is 0.290. The van der Waals surface area contributed by atoms with Crippen molar-refractivity contribution < 1.29 is 31.4 Å². The van der Waals surface area contributed by atoms with Crippen molar-refractivity contribution in [1.82, 2.24) is 19.9 Å². The highest BCUT2D eigenvalue weighted by Crippen LogP contribution is 2.44. The Labute approximate surface area is 215 Å². The highest BCUT2D eigenvalue weighted by Gasteiger charge is 2.36. The number of nitrogens with zero attached hydrogens (tertiary/aromatic N) is 2. The van der Waals surface area contributed by atoms with E-state index in [1.54, 1.807) is 0 Å². The van der Waals surface area contributed by atoms with Crippen molar-refractivity contribution >= 4 is 39.2 Å². The van der Waals surface area contributed by atoms with Crippen LogP contribution in [0.4, 0.5) is 30.8 Å². The van der Waals surface area contributed by atoms with Gasteiger partial charge in [0.25, 0.3) is 0 Å². The molecule has 4 rings (SSSR count). The molecule has 0 bridgehead atoms. The highest BCUT2D eigenvalue weighted by molar-refractivity contribution is 7.89. The van der Waals surface area contributed by atoms with Gasteiger partial charge in [-0.25, -0.2) is 18.2 Å². The third-order valence-electron chi connectivity index (χ3n) is 5.91. The minimum absolute atomic E-state index is 0.0359. The Bertz CT molecular complexity index is 1390. The highest BCUT2D eigenvalue weighted by atomic mass is 35.5. The Morgan fingerprint density at radius 2 is 1.89 bits per heavy atom. The first-order valence-corrected chi connectivity index (χ1v) is 13.0. The number of aliphatic hydroxyl groups is 1. The van der Waals surface area contributed by atoms with Gasteiger partial charge in [0.2, 0.25) is 21.9 Å². The lowest BCUT2D eigenvalue weighted by Crippen LogP contribution is -2.38. The van der Waals surface area contributed by atoms with Gasteiger partial charge in [0.05, 0.1) is 23.8 Å². The van der Waals surface area contributed by atoms with Crippen LogP contribution < -0.4 is 20.5 Å². The van der Waals surface area contributed by atoms with Crippen LogP contribution in [0.1, 0.15) is 31.2 Å². The van der Waals surface area contributed by atoms with E-state index in [2.05, 4.69) is 25.2 Å². The fraction of sp³-hybridized carbons (Fsp3) is 0.364. The summed E-state index contributed by atoms with van der Waals surface area (Å²) in [6.07, 6.45) is -3.59. The summed E-state index contributed by atoms with van der Waals surface area (Å²) in [6, 6.07) is 5.30. The van der Waals surface area contributed by atoms with Crippen molar-refractivity contribution in [3.05, 3.63) is 40.9 Å². The molecule has 0 spiro atoms. The summed E-state index contributed by atoms with van der Waals surface area (Å²) in [5.74, 6) is -0.142. The molecule has 15 heteroatoms. The Morgan fingerprint density at radius 1 is 1.19 bits per heavy atom. The van der Waals surface area contributed by atoms with E-state index in [0.29, 0.717) is 25.7 Å². The monoisotopic (exact) mass is 560 g/mol. The molecule has 0 atom stereocenters. The van der Waals surface area contributed by atoms with Gasteiger partial charge in [-0.2, -0.15) is 18.2 Å². The standard InChI is InChI=1S/C22H24ClF3N6O4S/c1-36-17-7-2-11(8-18(17)37(34,35)32-12-3-5-14(33)6-4-12)19-15(22(24,25)26)9-13(10-16(19)23)28-21-29-20(27)30-31-21/h2,7-10,12,14,32-33H,3-6H2,1H3,(H4,27,28,29,30,31). The first-order chi connectivity index (χ1) is 17.4. The predicted octanol–water partition coefficient (Wildman–Crippen LogP) is 4.06. The number of sulfonamides is 1. The molecule has 37 heavy (non-hydrogen) atoms. The second-order valence-corrected chi connectivity index (χ2v) is 10.6. The van der Waals surface area contributed by atoms with Crippen LogP contribution in [0.15, 0.2) is 35.2 Å². The topological polar surface area (TPSA) is 155 Å². The number of nitrogens with two attached hydrogens (primary N) is 1. The molecule has 0 saturated heterocycles.